The van der Waals surface area contributed by atoms with Gasteiger partial charge in [-0.3, -0.25) is 9.69 Å². The highest BCUT2D eigenvalue weighted by atomic mass is 32.2. The summed E-state index contributed by atoms with van der Waals surface area (Å²) in [6.45, 7) is 2.72. The molecular weight excluding hydrogens is 378 g/mol. The molecule has 0 radical (unpaired) electrons. The first-order valence-corrected chi connectivity index (χ1v) is 11.1. The number of ether oxygens (including phenoxy) is 1. The van der Waals surface area contributed by atoms with Crippen LogP contribution >= 0.6 is 24.0 Å². The first kappa shape index (κ1) is 18.4. The quantitative estimate of drug-likeness (QED) is 0.562. The van der Waals surface area contributed by atoms with Crippen molar-refractivity contribution in [2.75, 3.05) is 18.1 Å². The van der Waals surface area contributed by atoms with Gasteiger partial charge >= 0.3 is 0 Å². The smallest absolute Gasteiger partial charge is 0.266 e. The third-order valence-electron chi connectivity index (χ3n) is 4.05. The van der Waals surface area contributed by atoms with E-state index in [2.05, 4.69) is 0 Å². The van der Waals surface area contributed by atoms with Crippen LogP contribution in [0.2, 0.25) is 0 Å². The highest BCUT2D eigenvalue weighted by Crippen LogP contribution is 2.36. The summed E-state index contributed by atoms with van der Waals surface area (Å²) in [5, 5.41) is 0. The van der Waals surface area contributed by atoms with E-state index in [-0.39, 0.29) is 23.5 Å². The Morgan fingerprint density at radius 2 is 2.08 bits per heavy atom. The van der Waals surface area contributed by atoms with E-state index in [0.717, 1.165) is 17.7 Å². The van der Waals surface area contributed by atoms with Crippen molar-refractivity contribution in [3.63, 3.8) is 0 Å². The van der Waals surface area contributed by atoms with Crippen molar-refractivity contribution in [1.29, 1.82) is 0 Å². The fraction of sp³-hybridized carbons (Fsp3) is 0.412. The van der Waals surface area contributed by atoms with Gasteiger partial charge in [-0.15, -0.1) is 0 Å². The highest BCUT2D eigenvalue weighted by Gasteiger charge is 2.42. The Balaban J connectivity index is 1.74. The van der Waals surface area contributed by atoms with Crippen molar-refractivity contribution in [2.45, 2.75) is 25.8 Å². The molecule has 2 fully saturated rings. The van der Waals surface area contributed by atoms with E-state index in [0.29, 0.717) is 22.3 Å². The van der Waals surface area contributed by atoms with E-state index >= 15 is 0 Å². The zero-order chi connectivity index (χ0) is 18.0. The number of nitrogens with zero attached hydrogens (tertiary/aromatic N) is 1. The third kappa shape index (κ3) is 4.24. The number of rotatable bonds is 5. The number of carbonyl (C=O) groups is 1. The van der Waals surface area contributed by atoms with Gasteiger partial charge in [-0.25, -0.2) is 8.42 Å². The van der Waals surface area contributed by atoms with E-state index < -0.39 is 9.84 Å². The van der Waals surface area contributed by atoms with Crippen LogP contribution in [0.3, 0.4) is 0 Å². The fourth-order valence-electron chi connectivity index (χ4n) is 2.81. The molecule has 0 spiro atoms. The van der Waals surface area contributed by atoms with Crippen molar-refractivity contribution in [3.8, 4) is 5.75 Å². The number of thiocarbonyl (C=S) groups is 1. The Kier molecular flexibility index (Phi) is 5.50. The molecule has 2 aliphatic heterocycles. The van der Waals surface area contributed by atoms with Crippen molar-refractivity contribution in [3.05, 3.63) is 34.7 Å². The maximum absolute atomic E-state index is 12.7. The standard InChI is InChI=1S/C17H19NO4S3/c1-2-8-22-14-5-3-12(4-6-14)10-15-16(19)18(17(23)24-15)13-7-9-25(20,21)11-13/h3-6,10,13H,2,7-9,11H2,1H3/b15-10-/t13-/m0/s1. The molecule has 0 aromatic heterocycles. The average molecular weight is 398 g/mol. The topological polar surface area (TPSA) is 63.7 Å². The van der Waals surface area contributed by atoms with Crippen molar-refractivity contribution in [1.82, 2.24) is 4.90 Å². The predicted molar refractivity (Wildman–Crippen MR) is 104 cm³/mol. The minimum absolute atomic E-state index is 0.00379. The van der Waals surface area contributed by atoms with Gasteiger partial charge < -0.3 is 4.74 Å². The Labute approximate surface area is 157 Å². The maximum Gasteiger partial charge on any atom is 0.266 e. The lowest BCUT2D eigenvalue weighted by atomic mass is 10.2. The Morgan fingerprint density at radius 1 is 1.36 bits per heavy atom. The number of sulfone groups is 1. The minimum atomic E-state index is -3.06. The molecule has 0 unspecified atom stereocenters. The minimum Gasteiger partial charge on any atom is -0.494 e. The summed E-state index contributed by atoms with van der Waals surface area (Å²) in [6, 6.07) is 7.17. The molecule has 0 saturated carbocycles. The third-order valence-corrected chi connectivity index (χ3v) is 7.13. The van der Waals surface area contributed by atoms with Gasteiger partial charge in [-0.1, -0.05) is 43.0 Å². The van der Waals surface area contributed by atoms with E-state index in [1.807, 2.05) is 31.2 Å². The number of carbonyl (C=O) groups excluding carboxylic acids is 1. The molecule has 0 aliphatic carbocycles. The van der Waals surface area contributed by atoms with Crippen LogP contribution in [0.1, 0.15) is 25.3 Å². The van der Waals surface area contributed by atoms with Gasteiger partial charge in [0.25, 0.3) is 5.91 Å². The molecule has 2 heterocycles. The van der Waals surface area contributed by atoms with Gasteiger partial charge in [-0.2, -0.15) is 0 Å². The van der Waals surface area contributed by atoms with Gasteiger partial charge in [0.05, 0.1) is 29.1 Å². The van der Waals surface area contributed by atoms with Crippen LogP contribution in [0, 0.1) is 0 Å². The summed E-state index contributed by atoms with van der Waals surface area (Å²) in [7, 11) is -3.06. The van der Waals surface area contributed by atoms with Gasteiger partial charge in [-0.05, 0) is 36.6 Å². The average Bonchev–Trinajstić information content (AvgIpc) is 3.05. The maximum atomic E-state index is 12.7. The SMILES string of the molecule is CCCOc1ccc(/C=C2\SC(=S)N([C@H]3CCS(=O)(=O)C3)C2=O)cc1. The molecule has 1 amide bonds. The van der Waals surface area contributed by atoms with Crippen LogP contribution in [0.4, 0.5) is 0 Å². The molecule has 5 nitrogen and oxygen atoms in total. The molecular formula is C17H19NO4S3. The lowest BCUT2D eigenvalue weighted by Gasteiger charge is -2.20. The van der Waals surface area contributed by atoms with Crippen molar-refractivity contribution < 1.29 is 17.9 Å². The molecule has 134 valence electrons. The summed E-state index contributed by atoms with van der Waals surface area (Å²) in [5.74, 6) is 0.703. The second kappa shape index (κ2) is 7.47. The predicted octanol–water partition coefficient (Wildman–Crippen LogP) is 2.86. The van der Waals surface area contributed by atoms with Crippen LogP contribution in [0.25, 0.3) is 6.08 Å². The molecule has 8 heteroatoms. The van der Waals surface area contributed by atoms with Gasteiger partial charge in [0, 0.05) is 0 Å². The van der Waals surface area contributed by atoms with E-state index in [1.54, 1.807) is 6.08 Å². The summed E-state index contributed by atoms with van der Waals surface area (Å²) in [6.07, 6.45) is 3.18. The zero-order valence-electron chi connectivity index (χ0n) is 13.8. The highest BCUT2D eigenvalue weighted by molar-refractivity contribution is 8.26. The zero-order valence-corrected chi connectivity index (χ0v) is 16.3. The normalized spacial score (nSPS) is 24.3. The summed E-state index contributed by atoms with van der Waals surface area (Å²) < 4.78 is 29.3. The molecule has 1 aromatic rings. The summed E-state index contributed by atoms with van der Waals surface area (Å²) in [4.78, 5) is 14.6. The Hall–Kier alpha value is -1.38. The van der Waals surface area contributed by atoms with Gasteiger partial charge in [0.2, 0.25) is 0 Å². The van der Waals surface area contributed by atoms with Crippen LogP contribution in [-0.4, -0.2) is 47.7 Å². The molecule has 0 N–H and O–H groups in total. The van der Waals surface area contributed by atoms with E-state index in [1.165, 1.54) is 16.7 Å². The van der Waals surface area contributed by atoms with E-state index in [4.69, 9.17) is 17.0 Å². The van der Waals surface area contributed by atoms with Crippen LogP contribution in [-0.2, 0) is 14.6 Å². The second-order valence-electron chi connectivity index (χ2n) is 6.03. The first-order valence-electron chi connectivity index (χ1n) is 8.10. The second-order valence-corrected chi connectivity index (χ2v) is 9.93. The van der Waals surface area contributed by atoms with E-state index in [9.17, 15) is 13.2 Å². The van der Waals surface area contributed by atoms with Gasteiger partial charge in [0.15, 0.2) is 9.84 Å². The van der Waals surface area contributed by atoms with Crippen molar-refractivity contribution in [2.24, 2.45) is 0 Å². The van der Waals surface area contributed by atoms with Crippen LogP contribution in [0.5, 0.6) is 5.75 Å². The molecule has 0 bridgehead atoms. The van der Waals surface area contributed by atoms with Crippen LogP contribution in [0.15, 0.2) is 29.2 Å². The summed E-state index contributed by atoms with van der Waals surface area (Å²) >= 11 is 6.53. The van der Waals surface area contributed by atoms with Crippen LogP contribution < -0.4 is 4.74 Å². The number of hydrogen-bond donors (Lipinski definition) is 0. The molecule has 2 saturated heterocycles. The molecule has 1 aromatic carbocycles. The lowest BCUT2D eigenvalue weighted by Crippen LogP contribution is -2.39. The Bertz CT molecular complexity index is 815. The molecule has 2 aliphatic rings. The van der Waals surface area contributed by atoms with Gasteiger partial charge in [0.1, 0.15) is 10.1 Å². The molecule has 25 heavy (non-hydrogen) atoms. The number of hydrogen-bond acceptors (Lipinski definition) is 6. The monoisotopic (exact) mass is 397 g/mol. The fourth-order valence-corrected chi connectivity index (χ4v) is 5.91. The largest absolute Gasteiger partial charge is 0.494 e. The first-order chi connectivity index (χ1) is 11.9. The van der Waals surface area contributed by atoms with Crippen molar-refractivity contribution >= 4 is 50.1 Å². The lowest BCUT2D eigenvalue weighted by molar-refractivity contribution is -0.123. The number of amides is 1. The number of thioether (sulfide) groups is 1. The molecule has 1 atom stereocenters. The number of benzene rings is 1. The molecule has 3 rings (SSSR count). The summed E-state index contributed by atoms with van der Waals surface area (Å²) in [5.41, 5.74) is 0.878. The Morgan fingerprint density at radius 3 is 2.68 bits per heavy atom.